The molecule has 1 amide bonds. The molecule has 0 aromatic rings. The molecule has 0 unspecified atom stereocenters. The lowest BCUT2D eigenvalue weighted by molar-refractivity contribution is -0.193. The van der Waals surface area contributed by atoms with Crippen LogP contribution in [0.3, 0.4) is 0 Å². The van der Waals surface area contributed by atoms with Crippen LogP contribution in [-0.4, -0.2) is 25.1 Å². The maximum Gasteiger partial charge on any atom is 0.252 e. The van der Waals surface area contributed by atoms with Gasteiger partial charge in [-0.05, 0) is 25.2 Å². The maximum absolute atomic E-state index is 11.5. The van der Waals surface area contributed by atoms with E-state index in [2.05, 4.69) is 0 Å². The lowest BCUT2D eigenvalue weighted by atomic mass is 9.44. The van der Waals surface area contributed by atoms with E-state index in [1.807, 2.05) is 0 Å². The highest BCUT2D eigenvalue weighted by atomic mass is 16.7. The summed E-state index contributed by atoms with van der Waals surface area (Å²) in [6.07, 6.45) is 3.04. The van der Waals surface area contributed by atoms with Crippen LogP contribution in [0, 0.1) is 11.3 Å². The van der Waals surface area contributed by atoms with E-state index in [9.17, 15) is 4.79 Å². The van der Waals surface area contributed by atoms with Crippen LogP contribution in [0.1, 0.15) is 19.3 Å². The van der Waals surface area contributed by atoms with Gasteiger partial charge < -0.3 is 0 Å². The summed E-state index contributed by atoms with van der Waals surface area (Å²) in [5, 5.41) is 1.34. The van der Waals surface area contributed by atoms with Crippen LogP contribution < -0.4 is 0 Å². The van der Waals surface area contributed by atoms with Gasteiger partial charge in [0.05, 0.1) is 12.5 Å². The van der Waals surface area contributed by atoms with Crippen LogP contribution in [0.4, 0.5) is 0 Å². The standard InChI is InChI=1S/C8H12NO2/c1-9(11-2)7(10)8-3-6(4-8)5-8/h3-5H2,1-2H3. The second-order valence-electron chi connectivity index (χ2n) is 3.55. The summed E-state index contributed by atoms with van der Waals surface area (Å²) in [5.41, 5.74) is -0.0277. The largest absolute Gasteiger partial charge is 0.275 e. The first-order valence-corrected chi connectivity index (χ1v) is 3.84. The van der Waals surface area contributed by atoms with E-state index >= 15 is 0 Å². The van der Waals surface area contributed by atoms with Crippen molar-refractivity contribution in [3.05, 3.63) is 5.92 Å². The molecule has 0 N–H and O–H groups in total. The van der Waals surface area contributed by atoms with Crippen LogP contribution in [0.15, 0.2) is 0 Å². The van der Waals surface area contributed by atoms with Gasteiger partial charge in [-0.15, -0.1) is 0 Å². The Bertz CT molecular complexity index is 185. The highest BCUT2D eigenvalue weighted by Crippen LogP contribution is 2.66. The normalized spacial score (nSPS) is 25.3. The number of nitrogens with zero attached hydrogens (tertiary/aromatic N) is 1. The van der Waals surface area contributed by atoms with Crippen molar-refractivity contribution in [3.63, 3.8) is 0 Å². The number of amides is 1. The van der Waals surface area contributed by atoms with Gasteiger partial charge >= 0.3 is 0 Å². The van der Waals surface area contributed by atoms with E-state index in [0.717, 1.165) is 19.3 Å². The molecule has 3 heteroatoms. The van der Waals surface area contributed by atoms with Crippen molar-refractivity contribution in [2.24, 2.45) is 5.41 Å². The third-order valence-electron chi connectivity index (χ3n) is 2.78. The number of rotatable bonds is 2. The van der Waals surface area contributed by atoms with E-state index < -0.39 is 0 Å². The van der Waals surface area contributed by atoms with Crippen molar-refractivity contribution >= 4 is 5.91 Å². The van der Waals surface area contributed by atoms with Gasteiger partial charge in [-0.25, -0.2) is 5.06 Å². The Labute approximate surface area is 66.3 Å². The predicted octanol–water partition coefficient (Wildman–Crippen LogP) is 0.765. The molecular formula is C8H12NO2. The second-order valence-corrected chi connectivity index (χ2v) is 3.55. The highest BCUT2D eigenvalue weighted by molar-refractivity contribution is 5.86. The van der Waals surface area contributed by atoms with Crippen molar-refractivity contribution in [3.8, 4) is 0 Å². The third kappa shape index (κ3) is 0.745. The zero-order chi connectivity index (χ0) is 8.06. The van der Waals surface area contributed by atoms with Crippen molar-refractivity contribution in [2.45, 2.75) is 19.3 Å². The quantitative estimate of drug-likeness (QED) is 0.550. The zero-order valence-electron chi connectivity index (χ0n) is 6.89. The number of carbonyl (C=O) groups is 1. The fourth-order valence-corrected chi connectivity index (χ4v) is 1.92. The average molecular weight is 154 g/mol. The fourth-order valence-electron chi connectivity index (χ4n) is 1.92. The molecule has 3 rings (SSSR count). The predicted molar refractivity (Wildman–Crippen MR) is 39.3 cm³/mol. The zero-order valence-corrected chi connectivity index (χ0v) is 6.89. The van der Waals surface area contributed by atoms with Gasteiger partial charge in [0, 0.05) is 7.05 Å². The summed E-state index contributed by atoms with van der Waals surface area (Å²) in [5.74, 6) is 1.69. The van der Waals surface area contributed by atoms with Gasteiger partial charge in [0.25, 0.3) is 5.91 Å². The van der Waals surface area contributed by atoms with Gasteiger partial charge in [-0.3, -0.25) is 9.63 Å². The SMILES string of the molecule is CON(C)C(=O)C12C[C](C1)C2. The summed E-state index contributed by atoms with van der Waals surface area (Å²) in [4.78, 5) is 16.3. The molecule has 2 bridgehead atoms. The summed E-state index contributed by atoms with van der Waals surface area (Å²) in [6.45, 7) is 0. The number of hydroxylamine groups is 2. The van der Waals surface area contributed by atoms with E-state index in [1.165, 1.54) is 12.2 Å². The molecule has 3 fully saturated rings. The first-order valence-electron chi connectivity index (χ1n) is 3.84. The van der Waals surface area contributed by atoms with Crippen molar-refractivity contribution in [2.75, 3.05) is 14.2 Å². The highest BCUT2D eigenvalue weighted by Gasteiger charge is 2.62. The van der Waals surface area contributed by atoms with Crippen LogP contribution in [0.2, 0.25) is 0 Å². The Kier molecular flexibility index (Phi) is 1.27. The Morgan fingerprint density at radius 1 is 1.55 bits per heavy atom. The van der Waals surface area contributed by atoms with E-state index in [1.54, 1.807) is 13.0 Å². The Morgan fingerprint density at radius 2 is 2.09 bits per heavy atom. The van der Waals surface area contributed by atoms with Gasteiger partial charge in [0.15, 0.2) is 0 Å². The summed E-state index contributed by atoms with van der Waals surface area (Å²) >= 11 is 0. The minimum absolute atomic E-state index is 0.0277. The summed E-state index contributed by atoms with van der Waals surface area (Å²) in [6, 6.07) is 0. The smallest absolute Gasteiger partial charge is 0.252 e. The molecule has 3 aliphatic carbocycles. The fraction of sp³-hybridized carbons (Fsp3) is 0.750. The lowest BCUT2D eigenvalue weighted by Crippen LogP contribution is -2.59. The van der Waals surface area contributed by atoms with Crippen LogP contribution in [0.5, 0.6) is 0 Å². The van der Waals surface area contributed by atoms with Crippen LogP contribution in [0.25, 0.3) is 0 Å². The third-order valence-corrected chi connectivity index (χ3v) is 2.78. The molecule has 61 valence electrons. The average Bonchev–Trinajstić information content (AvgIpc) is 1.79. The van der Waals surface area contributed by atoms with Gasteiger partial charge in [0.2, 0.25) is 0 Å². The summed E-state index contributed by atoms with van der Waals surface area (Å²) < 4.78 is 0. The summed E-state index contributed by atoms with van der Waals surface area (Å²) in [7, 11) is 3.20. The van der Waals surface area contributed by atoms with E-state index in [0.29, 0.717) is 0 Å². The minimum atomic E-state index is -0.0277. The topological polar surface area (TPSA) is 29.5 Å². The van der Waals surface area contributed by atoms with Gasteiger partial charge in [0.1, 0.15) is 0 Å². The molecule has 0 heterocycles. The first kappa shape index (κ1) is 7.10. The Hall–Kier alpha value is -0.570. The first-order chi connectivity index (χ1) is 5.18. The van der Waals surface area contributed by atoms with Crippen molar-refractivity contribution < 1.29 is 9.63 Å². The van der Waals surface area contributed by atoms with E-state index in [-0.39, 0.29) is 11.3 Å². The monoisotopic (exact) mass is 154 g/mol. The van der Waals surface area contributed by atoms with Crippen molar-refractivity contribution in [1.29, 1.82) is 0 Å². The van der Waals surface area contributed by atoms with E-state index in [4.69, 9.17) is 4.84 Å². The molecule has 11 heavy (non-hydrogen) atoms. The second kappa shape index (κ2) is 1.97. The maximum atomic E-state index is 11.5. The molecule has 0 saturated heterocycles. The lowest BCUT2D eigenvalue weighted by Gasteiger charge is -2.60. The van der Waals surface area contributed by atoms with Gasteiger partial charge in [-0.2, -0.15) is 0 Å². The molecular weight excluding hydrogens is 142 g/mol. The molecule has 0 spiro atoms. The number of hydrogen-bond acceptors (Lipinski definition) is 2. The molecule has 0 aliphatic heterocycles. The molecule has 0 aromatic heterocycles. The minimum Gasteiger partial charge on any atom is -0.275 e. The Balaban J connectivity index is 1.99. The molecule has 0 aromatic carbocycles. The Morgan fingerprint density at radius 3 is 2.36 bits per heavy atom. The molecule has 0 atom stereocenters. The number of carbonyl (C=O) groups excluding carboxylic acids is 1. The van der Waals surface area contributed by atoms with Crippen molar-refractivity contribution in [1.82, 2.24) is 5.06 Å². The van der Waals surface area contributed by atoms with Crippen LogP contribution >= 0.6 is 0 Å². The number of hydrogen-bond donors (Lipinski definition) is 0. The van der Waals surface area contributed by atoms with Gasteiger partial charge in [-0.1, -0.05) is 0 Å². The van der Waals surface area contributed by atoms with Crippen LogP contribution in [-0.2, 0) is 9.63 Å². The molecule has 3 saturated carbocycles. The molecule has 1 radical (unpaired) electrons. The molecule has 3 nitrogen and oxygen atoms in total. The molecule has 3 aliphatic rings.